The maximum absolute atomic E-state index is 4.55. The number of benzene rings is 1. The summed E-state index contributed by atoms with van der Waals surface area (Å²) >= 11 is 1.67. The molecule has 21 heavy (non-hydrogen) atoms. The molecule has 0 fully saturated rings. The lowest BCUT2D eigenvalue weighted by Gasteiger charge is -2.09. The van der Waals surface area contributed by atoms with Gasteiger partial charge in [0.25, 0.3) is 0 Å². The van der Waals surface area contributed by atoms with Crippen LogP contribution in [0.25, 0.3) is 11.3 Å². The van der Waals surface area contributed by atoms with Gasteiger partial charge in [-0.3, -0.25) is 0 Å². The molecule has 3 aromatic rings. The first-order valence-corrected chi connectivity index (χ1v) is 7.69. The maximum atomic E-state index is 4.55. The number of aryl methyl sites for hydroxylation is 1. The largest absolute Gasteiger partial charge is 0.379 e. The quantitative estimate of drug-likeness (QED) is 0.707. The summed E-state index contributed by atoms with van der Waals surface area (Å²) in [5.41, 5.74) is 5.45. The van der Waals surface area contributed by atoms with Crippen molar-refractivity contribution < 1.29 is 0 Å². The number of hydrogen-bond donors (Lipinski definition) is 2. The number of nitrogens with zero attached hydrogens (tertiary/aromatic N) is 2. The van der Waals surface area contributed by atoms with Gasteiger partial charge in [-0.1, -0.05) is 12.1 Å². The summed E-state index contributed by atoms with van der Waals surface area (Å²) in [7, 11) is 0. The summed E-state index contributed by atoms with van der Waals surface area (Å²) in [6.45, 7) is 2.79. The zero-order valence-corrected chi connectivity index (χ0v) is 12.4. The molecular formula is C16H14N4S. The van der Waals surface area contributed by atoms with Crippen LogP contribution >= 0.6 is 11.3 Å². The molecule has 0 atom stereocenters. The van der Waals surface area contributed by atoms with Gasteiger partial charge < -0.3 is 10.6 Å². The average Bonchev–Trinajstić information content (AvgIpc) is 2.85. The second-order valence-electron chi connectivity index (χ2n) is 5.00. The lowest BCUT2D eigenvalue weighted by molar-refractivity contribution is 1.14. The molecule has 0 bridgehead atoms. The third-order valence-corrected chi connectivity index (χ3v) is 4.32. The lowest BCUT2D eigenvalue weighted by atomic mass is 10.1. The Labute approximate surface area is 126 Å². The van der Waals surface area contributed by atoms with E-state index in [0.717, 1.165) is 40.0 Å². The standard InChI is InChI=1S/C16H14N4S/c1-10-19-15(9-21-10)11-4-5-13-14(7-11)18-8-12-3-2-6-17-16(12)20-13/h2-7,9,18H,8H2,1H3,(H,17,20). The van der Waals surface area contributed by atoms with E-state index in [1.807, 2.05) is 19.2 Å². The molecular weight excluding hydrogens is 280 g/mol. The van der Waals surface area contributed by atoms with Gasteiger partial charge in [-0.2, -0.15) is 0 Å². The highest BCUT2D eigenvalue weighted by Gasteiger charge is 2.14. The zero-order valence-electron chi connectivity index (χ0n) is 11.6. The fourth-order valence-electron chi connectivity index (χ4n) is 2.47. The van der Waals surface area contributed by atoms with Gasteiger partial charge in [0, 0.05) is 29.2 Å². The van der Waals surface area contributed by atoms with Gasteiger partial charge in [0.15, 0.2) is 0 Å². The number of anilines is 3. The minimum absolute atomic E-state index is 0.767. The molecule has 0 aliphatic carbocycles. The van der Waals surface area contributed by atoms with Crippen molar-refractivity contribution in [3.05, 3.63) is 52.5 Å². The number of hydrogen-bond acceptors (Lipinski definition) is 5. The molecule has 4 nitrogen and oxygen atoms in total. The van der Waals surface area contributed by atoms with E-state index in [4.69, 9.17) is 0 Å². The van der Waals surface area contributed by atoms with Crippen LogP contribution in [0, 0.1) is 6.92 Å². The molecule has 3 heterocycles. The molecule has 0 radical (unpaired) electrons. The summed E-state index contributed by atoms with van der Waals surface area (Å²) in [6.07, 6.45) is 1.81. The van der Waals surface area contributed by atoms with E-state index in [0.29, 0.717) is 0 Å². The van der Waals surface area contributed by atoms with Crippen LogP contribution in [0.15, 0.2) is 41.9 Å². The summed E-state index contributed by atoms with van der Waals surface area (Å²) in [6, 6.07) is 10.4. The van der Waals surface area contributed by atoms with E-state index in [-0.39, 0.29) is 0 Å². The molecule has 2 N–H and O–H groups in total. The van der Waals surface area contributed by atoms with Gasteiger partial charge in [0.05, 0.1) is 22.1 Å². The van der Waals surface area contributed by atoms with Gasteiger partial charge >= 0.3 is 0 Å². The molecule has 1 aliphatic heterocycles. The van der Waals surface area contributed by atoms with Gasteiger partial charge in [-0.25, -0.2) is 9.97 Å². The Bertz CT molecular complexity index is 810. The molecule has 0 saturated carbocycles. The van der Waals surface area contributed by atoms with E-state index in [9.17, 15) is 0 Å². The molecule has 1 aromatic carbocycles. The maximum Gasteiger partial charge on any atom is 0.135 e. The first-order chi connectivity index (χ1) is 10.3. The molecule has 4 rings (SSSR count). The van der Waals surface area contributed by atoms with Gasteiger partial charge in [-0.15, -0.1) is 11.3 Å². The molecule has 0 amide bonds. The van der Waals surface area contributed by atoms with E-state index in [2.05, 4.69) is 50.2 Å². The first kappa shape index (κ1) is 12.3. The second-order valence-corrected chi connectivity index (χ2v) is 6.06. The highest BCUT2D eigenvalue weighted by molar-refractivity contribution is 7.09. The van der Waals surface area contributed by atoms with Crippen LogP contribution in [0.1, 0.15) is 10.6 Å². The van der Waals surface area contributed by atoms with Crippen molar-refractivity contribution in [1.29, 1.82) is 0 Å². The van der Waals surface area contributed by atoms with Crippen molar-refractivity contribution in [1.82, 2.24) is 9.97 Å². The number of pyridine rings is 1. The highest BCUT2D eigenvalue weighted by atomic mass is 32.1. The smallest absolute Gasteiger partial charge is 0.135 e. The fourth-order valence-corrected chi connectivity index (χ4v) is 3.09. The Kier molecular flexibility index (Phi) is 2.86. The Balaban J connectivity index is 1.74. The molecule has 5 heteroatoms. The minimum atomic E-state index is 0.767. The topological polar surface area (TPSA) is 49.8 Å². The predicted octanol–water partition coefficient (Wildman–Crippen LogP) is 4.18. The lowest BCUT2D eigenvalue weighted by Crippen LogP contribution is -1.98. The molecule has 0 saturated heterocycles. The van der Waals surface area contributed by atoms with E-state index >= 15 is 0 Å². The number of rotatable bonds is 1. The third kappa shape index (κ3) is 2.25. The van der Waals surface area contributed by atoms with Crippen LogP contribution in [0.4, 0.5) is 17.2 Å². The summed E-state index contributed by atoms with van der Waals surface area (Å²) in [5.74, 6) is 0.918. The summed E-state index contributed by atoms with van der Waals surface area (Å²) < 4.78 is 0. The molecule has 0 spiro atoms. The molecule has 2 aromatic heterocycles. The van der Waals surface area contributed by atoms with Crippen molar-refractivity contribution in [2.45, 2.75) is 13.5 Å². The minimum Gasteiger partial charge on any atom is -0.379 e. The third-order valence-electron chi connectivity index (χ3n) is 3.55. The Hall–Kier alpha value is -2.40. The SMILES string of the molecule is Cc1nc(-c2ccc3c(c2)NCc2cccnc2N3)cs1. The number of fused-ring (bicyclic) bond motifs is 2. The van der Waals surface area contributed by atoms with Crippen LogP contribution < -0.4 is 10.6 Å². The Morgan fingerprint density at radius 2 is 2.14 bits per heavy atom. The van der Waals surface area contributed by atoms with Crippen molar-refractivity contribution in [2.75, 3.05) is 10.6 Å². The fraction of sp³-hybridized carbons (Fsp3) is 0.125. The first-order valence-electron chi connectivity index (χ1n) is 6.81. The molecule has 104 valence electrons. The normalized spacial score (nSPS) is 12.6. The van der Waals surface area contributed by atoms with Crippen molar-refractivity contribution in [3.63, 3.8) is 0 Å². The van der Waals surface area contributed by atoms with E-state index < -0.39 is 0 Å². The molecule has 0 unspecified atom stereocenters. The van der Waals surface area contributed by atoms with Gasteiger partial charge in [0.1, 0.15) is 5.82 Å². The van der Waals surface area contributed by atoms with Crippen molar-refractivity contribution >= 4 is 28.5 Å². The summed E-state index contributed by atoms with van der Waals surface area (Å²) in [5, 5.41) is 10.0. The number of nitrogens with one attached hydrogen (secondary N) is 2. The monoisotopic (exact) mass is 294 g/mol. The second kappa shape index (κ2) is 4.86. The number of aromatic nitrogens is 2. The van der Waals surface area contributed by atoms with Crippen LogP contribution in [-0.4, -0.2) is 9.97 Å². The molecule has 1 aliphatic rings. The van der Waals surface area contributed by atoms with Crippen LogP contribution in [0.3, 0.4) is 0 Å². The predicted molar refractivity (Wildman–Crippen MR) is 87.1 cm³/mol. The highest BCUT2D eigenvalue weighted by Crippen LogP contribution is 2.34. The van der Waals surface area contributed by atoms with Crippen LogP contribution in [-0.2, 0) is 6.54 Å². The van der Waals surface area contributed by atoms with Crippen LogP contribution in [0.5, 0.6) is 0 Å². The zero-order chi connectivity index (χ0) is 14.2. The summed E-state index contributed by atoms with van der Waals surface area (Å²) in [4.78, 5) is 8.95. The average molecular weight is 294 g/mol. The van der Waals surface area contributed by atoms with Gasteiger partial charge in [0.2, 0.25) is 0 Å². The van der Waals surface area contributed by atoms with Crippen molar-refractivity contribution in [3.8, 4) is 11.3 Å². The van der Waals surface area contributed by atoms with Gasteiger partial charge in [-0.05, 0) is 25.1 Å². The number of thiazole rings is 1. The Morgan fingerprint density at radius 1 is 1.19 bits per heavy atom. The van der Waals surface area contributed by atoms with Crippen molar-refractivity contribution in [2.24, 2.45) is 0 Å². The Morgan fingerprint density at radius 3 is 3.00 bits per heavy atom. The van der Waals surface area contributed by atoms with E-state index in [1.165, 1.54) is 5.56 Å². The van der Waals surface area contributed by atoms with Crippen LogP contribution in [0.2, 0.25) is 0 Å². The van der Waals surface area contributed by atoms with E-state index in [1.54, 1.807) is 11.3 Å².